The second kappa shape index (κ2) is 3.84. The summed E-state index contributed by atoms with van der Waals surface area (Å²) in [6, 6.07) is 10.1. The molecule has 2 aromatic heterocycles. The second-order valence-electron chi connectivity index (χ2n) is 4.46. The van der Waals surface area contributed by atoms with Gasteiger partial charge >= 0.3 is 0 Å². The summed E-state index contributed by atoms with van der Waals surface area (Å²) in [7, 11) is 0. The molecule has 3 aromatic rings. The lowest BCUT2D eigenvalue weighted by molar-refractivity contribution is 0.893. The zero-order chi connectivity index (χ0) is 12.7. The van der Waals surface area contributed by atoms with Crippen LogP contribution in [-0.4, -0.2) is 14.8 Å². The van der Waals surface area contributed by atoms with E-state index in [1.807, 2.05) is 16.8 Å². The summed E-state index contributed by atoms with van der Waals surface area (Å²) in [4.78, 5) is 4.37. The van der Waals surface area contributed by atoms with Crippen molar-refractivity contribution < 1.29 is 0 Å². The fourth-order valence-electron chi connectivity index (χ4n) is 2.09. The van der Waals surface area contributed by atoms with Crippen LogP contribution >= 0.6 is 0 Å². The molecule has 0 aliphatic rings. The van der Waals surface area contributed by atoms with Crippen molar-refractivity contribution in [1.82, 2.24) is 14.8 Å². The van der Waals surface area contributed by atoms with Crippen LogP contribution in [0.4, 0.5) is 5.82 Å². The summed E-state index contributed by atoms with van der Waals surface area (Å²) in [6.07, 6.45) is 1.76. The zero-order valence-corrected chi connectivity index (χ0v) is 10.4. The molecule has 0 spiro atoms. The average molecular weight is 238 g/mol. The molecule has 0 atom stereocenters. The molecule has 0 fully saturated rings. The van der Waals surface area contributed by atoms with Crippen molar-refractivity contribution >= 4 is 16.9 Å². The van der Waals surface area contributed by atoms with Crippen molar-refractivity contribution in [2.75, 3.05) is 5.73 Å². The molecule has 0 aliphatic heterocycles. The minimum Gasteiger partial charge on any atom is -0.382 e. The molecular weight excluding hydrogens is 224 g/mol. The monoisotopic (exact) mass is 238 g/mol. The lowest BCUT2D eigenvalue weighted by Gasteiger charge is -2.07. The van der Waals surface area contributed by atoms with Crippen molar-refractivity contribution in [1.29, 1.82) is 0 Å². The highest BCUT2D eigenvalue weighted by Crippen LogP contribution is 2.23. The van der Waals surface area contributed by atoms with Gasteiger partial charge in [-0.15, -0.1) is 5.10 Å². The van der Waals surface area contributed by atoms with E-state index in [0.717, 1.165) is 22.3 Å². The van der Waals surface area contributed by atoms with Gasteiger partial charge in [0.15, 0.2) is 11.5 Å². The van der Waals surface area contributed by atoms with Crippen LogP contribution in [-0.2, 0) is 0 Å². The van der Waals surface area contributed by atoms with Gasteiger partial charge in [0.1, 0.15) is 0 Å². The number of rotatable bonds is 1. The summed E-state index contributed by atoms with van der Waals surface area (Å²) in [5.41, 5.74) is 10.1. The molecule has 90 valence electrons. The number of pyridine rings is 1. The van der Waals surface area contributed by atoms with E-state index in [2.05, 4.69) is 42.1 Å². The van der Waals surface area contributed by atoms with E-state index < -0.39 is 0 Å². The number of nitrogen functional groups attached to an aromatic ring is 1. The largest absolute Gasteiger partial charge is 0.382 e. The minimum atomic E-state index is 0.513. The lowest BCUT2D eigenvalue weighted by atomic mass is 10.1. The highest BCUT2D eigenvalue weighted by molar-refractivity contribution is 5.87. The minimum absolute atomic E-state index is 0.513. The van der Waals surface area contributed by atoms with Gasteiger partial charge in [0.25, 0.3) is 0 Å². The van der Waals surface area contributed by atoms with Gasteiger partial charge in [-0.3, -0.25) is 0 Å². The Hall–Kier alpha value is -2.36. The van der Waals surface area contributed by atoms with E-state index in [-0.39, 0.29) is 0 Å². The summed E-state index contributed by atoms with van der Waals surface area (Å²) in [6.45, 7) is 4.12. The molecule has 0 amide bonds. The molecule has 3 rings (SSSR count). The van der Waals surface area contributed by atoms with Gasteiger partial charge in [0, 0.05) is 6.20 Å². The van der Waals surface area contributed by atoms with Gasteiger partial charge in [-0.25, -0.2) is 9.67 Å². The molecule has 0 radical (unpaired) electrons. The van der Waals surface area contributed by atoms with Gasteiger partial charge in [-0.1, -0.05) is 12.1 Å². The fourth-order valence-corrected chi connectivity index (χ4v) is 2.09. The highest BCUT2D eigenvalue weighted by Gasteiger charge is 2.11. The maximum absolute atomic E-state index is 5.93. The number of anilines is 1. The highest BCUT2D eigenvalue weighted by atomic mass is 15.3. The number of aryl methyl sites for hydroxylation is 2. The van der Waals surface area contributed by atoms with Gasteiger partial charge in [-0.2, -0.15) is 0 Å². The molecule has 1 aromatic carbocycles. The topological polar surface area (TPSA) is 56.7 Å². The zero-order valence-electron chi connectivity index (χ0n) is 10.4. The van der Waals surface area contributed by atoms with Crippen LogP contribution in [0.25, 0.3) is 16.7 Å². The van der Waals surface area contributed by atoms with Crippen molar-refractivity contribution in [2.24, 2.45) is 0 Å². The smallest absolute Gasteiger partial charge is 0.165 e. The number of benzene rings is 1. The number of hydrogen-bond donors (Lipinski definition) is 1. The third-order valence-electron chi connectivity index (χ3n) is 3.06. The van der Waals surface area contributed by atoms with Crippen LogP contribution in [0.1, 0.15) is 11.1 Å². The first-order valence-electron chi connectivity index (χ1n) is 5.83. The number of nitrogens with two attached hydrogens (primary N) is 1. The molecule has 0 unspecified atom stereocenters. The maximum Gasteiger partial charge on any atom is 0.165 e. The first kappa shape index (κ1) is 10.8. The quantitative estimate of drug-likeness (QED) is 0.709. The summed E-state index contributed by atoms with van der Waals surface area (Å²) < 4.78 is 1.81. The van der Waals surface area contributed by atoms with Gasteiger partial charge in [0.05, 0.1) is 11.1 Å². The molecule has 0 bridgehead atoms. The Morgan fingerprint density at radius 2 is 2.00 bits per heavy atom. The van der Waals surface area contributed by atoms with Crippen LogP contribution in [0.2, 0.25) is 0 Å². The van der Waals surface area contributed by atoms with Crippen LogP contribution in [0, 0.1) is 13.8 Å². The molecule has 18 heavy (non-hydrogen) atoms. The normalized spacial score (nSPS) is 11.0. The molecule has 4 heteroatoms. The van der Waals surface area contributed by atoms with Crippen LogP contribution in [0.15, 0.2) is 36.5 Å². The second-order valence-corrected chi connectivity index (χ2v) is 4.46. The number of aromatic nitrogens is 3. The van der Waals surface area contributed by atoms with E-state index in [4.69, 9.17) is 5.73 Å². The van der Waals surface area contributed by atoms with Gasteiger partial charge in [-0.05, 0) is 43.2 Å². The van der Waals surface area contributed by atoms with Crippen LogP contribution < -0.4 is 5.73 Å². The number of nitrogens with zero attached hydrogens (tertiary/aromatic N) is 3. The van der Waals surface area contributed by atoms with Gasteiger partial charge in [0.2, 0.25) is 0 Å². The maximum atomic E-state index is 5.93. The van der Waals surface area contributed by atoms with Crippen molar-refractivity contribution in [3.63, 3.8) is 0 Å². The Morgan fingerprint density at radius 3 is 2.83 bits per heavy atom. The van der Waals surface area contributed by atoms with E-state index in [9.17, 15) is 0 Å². The first-order valence-corrected chi connectivity index (χ1v) is 5.83. The molecule has 0 aliphatic carbocycles. The Morgan fingerprint density at radius 1 is 1.17 bits per heavy atom. The van der Waals surface area contributed by atoms with Crippen molar-refractivity contribution in [2.45, 2.75) is 13.8 Å². The third kappa shape index (κ3) is 1.54. The number of hydrogen-bond acceptors (Lipinski definition) is 3. The fraction of sp³-hybridized carbons (Fsp3) is 0.143. The predicted molar refractivity (Wildman–Crippen MR) is 72.8 cm³/mol. The molecule has 4 nitrogen and oxygen atoms in total. The Balaban J connectivity index is 2.35. The summed E-state index contributed by atoms with van der Waals surface area (Å²) >= 11 is 0. The predicted octanol–water partition coefficient (Wildman–Crippen LogP) is 2.62. The molecule has 0 saturated carbocycles. The summed E-state index contributed by atoms with van der Waals surface area (Å²) in [5, 5.41) is 5.28. The Bertz CT molecular complexity index is 728. The third-order valence-corrected chi connectivity index (χ3v) is 3.06. The molecule has 2 heterocycles. The van der Waals surface area contributed by atoms with Gasteiger partial charge < -0.3 is 5.73 Å². The summed E-state index contributed by atoms with van der Waals surface area (Å²) in [5.74, 6) is 0.513. The average Bonchev–Trinajstić information content (AvgIpc) is 2.71. The van der Waals surface area contributed by atoms with E-state index in [0.29, 0.717) is 5.82 Å². The van der Waals surface area contributed by atoms with Crippen molar-refractivity contribution in [3.05, 3.63) is 47.7 Å². The van der Waals surface area contributed by atoms with Crippen molar-refractivity contribution in [3.8, 4) is 5.69 Å². The number of fused-ring (bicyclic) bond motifs is 1. The SMILES string of the molecule is Cc1ccc(C)c(-n2nc(N)c3cccnc32)c1. The first-order chi connectivity index (χ1) is 8.66. The molecule has 0 saturated heterocycles. The molecule has 2 N–H and O–H groups in total. The van der Waals surface area contributed by atoms with E-state index in [1.54, 1.807) is 6.20 Å². The standard InChI is InChI=1S/C14H14N4/c1-9-5-6-10(2)12(8-9)18-14-11(13(15)17-18)4-3-7-16-14/h3-8H,1-2H3,(H2,15,17). The van der Waals surface area contributed by atoms with Crippen LogP contribution in [0.5, 0.6) is 0 Å². The van der Waals surface area contributed by atoms with Crippen LogP contribution in [0.3, 0.4) is 0 Å². The Labute approximate surface area is 105 Å². The Kier molecular flexibility index (Phi) is 2.30. The van der Waals surface area contributed by atoms with E-state index >= 15 is 0 Å². The lowest BCUT2D eigenvalue weighted by Crippen LogP contribution is -2.01. The van der Waals surface area contributed by atoms with E-state index in [1.165, 1.54) is 5.56 Å². The molecular formula is C14H14N4.